The molecule has 3 rings (SSSR count). The van der Waals surface area contributed by atoms with E-state index in [1.54, 1.807) is 7.11 Å². The van der Waals surface area contributed by atoms with Gasteiger partial charge in [0.1, 0.15) is 5.75 Å². The Balaban J connectivity index is 1.62. The van der Waals surface area contributed by atoms with Crippen LogP contribution >= 0.6 is 0 Å². The van der Waals surface area contributed by atoms with Gasteiger partial charge in [-0.2, -0.15) is 0 Å². The lowest BCUT2D eigenvalue weighted by Crippen LogP contribution is -2.52. The van der Waals surface area contributed by atoms with Gasteiger partial charge in [0.05, 0.1) is 13.2 Å². The lowest BCUT2D eigenvalue weighted by molar-refractivity contribution is -0.139. The fourth-order valence-corrected chi connectivity index (χ4v) is 4.58. The van der Waals surface area contributed by atoms with Crippen molar-refractivity contribution in [1.29, 1.82) is 0 Å². The smallest absolute Gasteiger partial charge is 0.239 e. The van der Waals surface area contributed by atoms with Crippen molar-refractivity contribution in [2.75, 3.05) is 40.4 Å². The van der Waals surface area contributed by atoms with Crippen LogP contribution in [0.5, 0.6) is 5.75 Å². The zero-order valence-corrected chi connectivity index (χ0v) is 16.8. The average molecular weight is 375 g/mol. The van der Waals surface area contributed by atoms with E-state index in [-0.39, 0.29) is 24.0 Å². The Bertz CT molecular complexity index is 626. The zero-order chi connectivity index (χ0) is 19.3. The minimum absolute atomic E-state index is 0.0347. The number of hydrogen-bond donors (Lipinski definition) is 1. The number of aliphatic hydroxyl groups is 1. The summed E-state index contributed by atoms with van der Waals surface area (Å²) in [6.07, 6.45) is 7.06. The number of likely N-dealkylation sites (tertiary alicyclic amines) is 2. The molecular weight excluding hydrogens is 340 g/mol. The third kappa shape index (κ3) is 4.82. The first-order valence-corrected chi connectivity index (χ1v) is 10.3. The number of carbonyl (C=O) groups excluding carboxylic acids is 1. The standard InChI is InChI=1S/C22H34N2O3/c1-23-12-5-3-4-9-20(23)21(26)24-13-10-22(17-25,11-14-24)16-18-7-6-8-19(15-18)27-2/h6-8,15,20,25H,3-5,9-14,16-17H2,1-2H3. The normalized spacial score (nSPS) is 23.7. The largest absolute Gasteiger partial charge is 0.497 e. The summed E-state index contributed by atoms with van der Waals surface area (Å²) in [4.78, 5) is 17.3. The van der Waals surface area contributed by atoms with Crippen LogP contribution in [0, 0.1) is 5.41 Å². The van der Waals surface area contributed by atoms with Crippen LogP contribution in [0.25, 0.3) is 0 Å². The van der Waals surface area contributed by atoms with Crippen molar-refractivity contribution in [3.8, 4) is 5.75 Å². The van der Waals surface area contributed by atoms with Gasteiger partial charge in [-0.15, -0.1) is 0 Å². The van der Waals surface area contributed by atoms with Crippen LogP contribution in [0.15, 0.2) is 24.3 Å². The van der Waals surface area contributed by atoms with Gasteiger partial charge >= 0.3 is 0 Å². The molecular formula is C22H34N2O3. The van der Waals surface area contributed by atoms with Gasteiger partial charge in [-0.3, -0.25) is 9.69 Å². The van der Waals surface area contributed by atoms with Crippen LogP contribution in [0.1, 0.15) is 44.1 Å². The highest BCUT2D eigenvalue weighted by molar-refractivity contribution is 5.82. The lowest BCUT2D eigenvalue weighted by atomic mass is 9.74. The summed E-state index contributed by atoms with van der Waals surface area (Å²) in [5.74, 6) is 1.14. The molecule has 2 saturated heterocycles. The van der Waals surface area contributed by atoms with Crippen LogP contribution in [0.3, 0.4) is 0 Å². The van der Waals surface area contributed by atoms with Gasteiger partial charge in [0.2, 0.25) is 5.91 Å². The summed E-state index contributed by atoms with van der Waals surface area (Å²) in [6.45, 7) is 2.66. The summed E-state index contributed by atoms with van der Waals surface area (Å²) < 4.78 is 5.33. The quantitative estimate of drug-likeness (QED) is 0.861. The number of piperidine rings is 1. The Morgan fingerprint density at radius 1 is 1.22 bits per heavy atom. The molecule has 1 aromatic carbocycles. The number of benzene rings is 1. The number of carbonyl (C=O) groups is 1. The molecule has 1 aromatic rings. The number of aliphatic hydroxyl groups excluding tert-OH is 1. The molecule has 5 nitrogen and oxygen atoms in total. The summed E-state index contributed by atoms with van der Waals surface area (Å²) in [7, 11) is 3.76. The maximum Gasteiger partial charge on any atom is 0.239 e. The third-order valence-corrected chi connectivity index (χ3v) is 6.49. The first kappa shape index (κ1) is 20.2. The molecule has 0 saturated carbocycles. The fourth-order valence-electron chi connectivity index (χ4n) is 4.58. The van der Waals surface area contributed by atoms with Crippen molar-refractivity contribution in [2.45, 2.75) is 51.0 Å². The van der Waals surface area contributed by atoms with E-state index in [1.165, 1.54) is 18.4 Å². The molecule has 1 N–H and O–H groups in total. The fraction of sp³-hybridized carbons (Fsp3) is 0.682. The predicted molar refractivity (Wildman–Crippen MR) is 107 cm³/mol. The molecule has 0 spiro atoms. The van der Waals surface area contributed by atoms with Crippen LogP contribution in [0.2, 0.25) is 0 Å². The SMILES string of the molecule is COc1cccc(CC2(CO)CCN(C(=O)C3CCCCCN3C)CC2)c1. The highest BCUT2D eigenvalue weighted by Gasteiger charge is 2.38. The van der Waals surface area contributed by atoms with Gasteiger partial charge in [0.25, 0.3) is 0 Å². The van der Waals surface area contributed by atoms with E-state index in [2.05, 4.69) is 24.1 Å². The molecule has 0 radical (unpaired) electrons. The van der Waals surface area contributed by atoms with Crippen molar-refractivity contribution >= 4 is 5.91 Å². The first-order chi connectivity index (χ1) is 13.1. The third-order valence-electron chi connectivity index (χ3n) is 6.49. The summed E-state index contributed by atoms with van der Waals surface area (Å²) in [5, 5.41) is 10.1. The Morgan fingerprint density at radius 3 is 2.70 bits per heavy atom. The molecule has 0 aliphatic carbocycles. The Morgan fingerprint density at radius 2 is 2.00 bits per heavy atom. The van der Waals surface area contributed by atoms with Gasteiger partial charge in [-0.1, -0.05) is 25.0 Å². The molecule has 5 heteroatoms. The Kier molecular flexibility index (Phi) is 6.77. The van der Waals surface area contributed by atoms with E-state index in [4.69, 9.17) is 4.74 Å². The van der Waals surface area contributed by atoms with E-state index >= 15 is 0 Å². The Labute approximate surface area is 163 Å². The molecule has 2 aliphatic rings. The highest BCUT2D eigenvalue weighted by Crippen LogP contribution is 2.36. The second-order valence-corrected chi connectivity index (χ2v) is 8.36. The maximum atomic E-state index is 13.1. The number of ether oxygens (including phenoxy) is 1. The topological polar surface area (TPSA) is 53.0 Å². The van der Waals surface area contributed by atoms with Gasteiger partial charge in [0.15, 0.2) is 0 Å². The van der Waals surface area contributed by atoms with Gasteiger partial charge in [-0.25, -0.2) is 0 Å². The molecule has 2 aliphatic heterocycles. The number of amides is 1. The lowest BCUT2D eigenvalue weighted by Gasteiger charge is -2.42. The van der Waals surface area contributed by atoms with E-state index in [0.717, 1.165) is 57.5 Å². The predicted octanol–water partition coefficient (Wildman–Crippen LogP) is 2.71. The highest BCUT2D eigenvalue weighted by atomic mass is 16.5. The van der Waals surface area contributed by atoms with E-state index < -0.39 is 0 Å². The van der Waals surface area contributed by atoms with Gasteiger partial charge < -0.3 is 14.7 Å². The van der Waals surface area contributed by atoms with Crippen LogP contribution in [-0.4, -0.2) is 67.3 Å². The second-order valence-electron chi connectivity index (χ2n) is 8.36. The van der Waals surface area contributed by atoms with Crippen molar-refractivity contribution in [1.82, 2.24) is 9.80 Å². The summed E-state index contributed by atoms with van der Waals surface area (Å²) in [6, 6.07) is 8.12. The second kappa shape index (κ2) is 9.07. The molecule has 2 fully saturated rings. The number of rotatable bonds is 5. The van der Waals surface area contributed by atoms with Crippen molar-refractivity contribution in [2.24, 2.45) is 5.41 Å². The number of nitrogens with zero attached hydrogens (tertiary/aromatic N) is 2. The summed E-state index contributed by atoms with van der Waals surface area (Å²) in [5.41, 5.74) is 1.05. The van der Waals surface area contributed by atoms with Crippen LogP contribution in [-0.2, 0) is 11.2 Å². The minimum atomic E-state index is -0.140. The van der Waals surface area contributed by atoms with Gasteiger partial charge in [-0.05, 0) is 63.4 Å². The molecule has 1 unspecified atom stereocenters. The average Bonchev–Trinajstić information content (AvgIpc) is 2.92. The van der Waals surface area contributed by atoms with E-state index in [9.17, 15) is 9.90 Å². The molecule has 27 heavy (non-hydrogen) atoms. The number of methoxy groups -OCH3 is 1. The van der Waals surface area contributed by atoms with Crippen LogP contribution in [0.4, 0.5) is 0 Å². The van der Waals surface area contributed by atoms with Crippen molar-refractivity contribution in [3.63, 3.8) is 0 Å². The minimum Gasteiger partial charge on any atom is -0.497 e. The maximum absolute atomic E-state index is 13.1. The molecule has 2 heterocycles. The van der Waals surface area contributed by atoms with E-state index in [1.807, 2.05) is 17.0 Å². The van der Waals surface area contributed by atoms with Crippen LogP contribution < -0.4 is 4.74 Å². The molecule has 0 aromatic heterocycles. The molecule has 1 amide bonds. The molecule has 1 atom stereocenters. The summed E-state index contributed by atoms with van der Waals surface area (Å²) >= 11 is 0. The van der Waals surface area contributed by atoms with Crippen molar-refractivity contribution in [3.05, 3.63) is 29.8 Å². The Hall–Kier alpha value is -1.59. The zero-order valence-electron chi connectivity index (χ0n) is 16.8. The molecule has 0 bridgehead atoms. The number of hydrogen-bond acceptors (Lipinski definition) is 4. The first-order valence-electron chi connectivity index (χ1n) is 10.3. The van der Waals surface area contributed by atoms with Crippen molar-refractivity contribution < 1.29 is 14.6 Å². The number of likely N-dealkylation sites (N-methyl/N-ethyl adjacent to an activating group) is 1. The molecule has 150 valence electrons. The monoisotopic (exact) mass is 374 g/mol. The van der Waals surface area contributed by atoms with E-state index in [0.29, 0.717) is 0 Å². The van der Waals surface area contributed by atoms with Gasteiger partial charge in [0, 0.05) is 25.1 Å².